The van der Waals surface area contributed by atoms with E-state index in [1.165, 1.54) is 30.3 Å². The molecule has 0 aliphatic heterocycles. The summed E-state index contributed by atoms with van der Waals surface area (Å²) < 4.78 is 47.5. The predicted octanol–water partition coefficient (Wildman–Crippen LogP) is 7.17. The fourth-order valence-corrected chi connectivity index (χ4v) is 3.52. The van der Waals surface area contributed by atoms with Crippen LogP contribution in [0.4, 0.5) is 13.2 Å². The van der Waals surface area contributed by atoms with Gasteiger partial charge >= 0.3 is 6.18 Å². The van der Waals surface area contributed by atoms with Gasteiger partial charge in [-0.15, -0.1) is 0 Å². The van der Waals surface area contributed by atoms with Crippen molar-refractivity contribution in [3.05, 3.63) is 75.5 Å². The standard InChI is InChI=1S/C19H9Cl3F3N3O/c20-10-2-1-3-12(6-10)28-18(19(23,24)25)14(9-26-28)17-8-16(27-29-17)13-5-4-11(21)7-15(13)22/h1-9H. The zero-order chi connectivity index (χ0) is 20.8. The highest BCUT2D eigenvalue weighted by atomic mass is 35.5. The van der Waals surface area contributed by atoms with E-state index in [0.717, 1.165) is 10.9 Å². The second-order valence-corrected chi connectivity index (χ2v) is 7.28. The number of alkyl halides is 3. The van der Waals surface area contributed by atoms with E-state index in [1.54, 1.807) is 18.2 Å². The lowest BCUT2D eigenvalue weighted by Crippen LogP contribution is -2.14. The number of rotatable bonds is 3. The molecule has 2 heterocycles. The first-order valence-electron chi connectivity index (χ1n) is 8.08. The molecule has 4 nitrogen and oxygen atoms in total. The Morgan fingerprint density at radius 3 is 2.34 bits per heavy atom. The summed E-state index contributed by atoms with van der Waals surface area (Å²) >= 11 is 17.9. The summed E-state index contributed by atoms with van der Waals surface area (Å²) in [5, 5.41) is 8.73. The molecule has 10 heteroatoms. The van der Waals surface area contributed by atoms with Crippen LogP contribution in [0.5, 0.6) is 0 Å². The highest BCUT2D eigenvalue weighted by molar-refractivity contribution is 6.36. The van der Waals surface area contributed by atoms with Crippen LogP contribution in [-0.2, 0) is 6.18 Å². The van der Waals surface area contributed by atoms with Gasteiger partial charge in [0.05, 0.1) is 22.5 Å². The Hall–Kier alpha value is -2.48. The van der Waals surface area contributed by atoms with Crippen LogP contribution in [0.2, 0.25) is 15.1 Å². The van der Waals surface area contributed by atoms with E-state index < -0.39 is 11.9 Å². The molecule has 0 N–H and O–H groups in total. The molecule has 0 radical (unpaired) electrons. The predicted molar refractivity (Wildman–Crippen MR) is 105 cm³/mol. The fraction of sp³-hybridized carbons (Fsp3) is 0.0526. The average molecular weight is 459 g/mol. The average Bonchev–Trinajstić information content (AvgIpc) is 3.28. The highest BCUT2D eigenvalue weighted by Gasteiger charge is 2.40. The molecule has 0 unspecified atom stereocenters. The lowest BCUT2D eigenvalue weighted by atomic mass is 10.1. The number of aromatic nitrogens is 3. The molecule has 0 spiro atoms. The van der Waals surface area contributed by atoms with Crippen molar-refractivity contribution in [2.24, 2.45) is 0 Å². The largest absolute Gasteiger partial charge is 0.434 e. The lowest BCUT2D eigenvalue weighted by molar-refractivity contribution is -0.142. The van der Waals surface area contributed by atoms with Crippen LogP contribution in [0.1, 0.15) is 5.69 Å². The molecule has 0 amide bonds. The van der Waals surface area contributed by atoms with Crippen LogP contribution >= 0.6 is 34.8 Å². The third kappa shape index (κ3) is 3.85. The van der Waals surface area contributed by atoms with Crippen molar-refractivity contribution in [2.45, 2.75) is 6.18 Å². The third-order valence-corrected chi connectivity index (χ3v) is 4.86. The molecule has 2 aromatic carbocycles. The maximum atomic E-state index is 13.9. The van der Waals surface area contributed by atoms with Gasteiger partial charge < -0.3 is 4.52 Å². The summed E-state index contributed by atoms with van der Waals surface area (Å²) in [5.41, 5.74) is -0.366. The van der Waals surface area contributed by atoms with Gasteiger partial charge in [-0.05, 0) is 36.4 Å². The SMILES string of the molecule is FC(F)(F)c1c(-c2cc(-c3ccc(Cl)cc3Cl)no2)cnn1-c1cccc(Cl)c1. The minimum Gasteiger partial charge on any atom is -0.356 e. The van der Waals surface area contributed by atoms with Gasteiger partial charge in [0.1, 0.15) is 5.69 Å². The third-order valence-electron chi connectivity index (χ3n) is 4.07. The number of nitrogens with zero attached hydrogens (tertiary/aromatic N) is 3. The van der Waals surface area contributed by atoms with Gasteiger partial charge in [-0.3, -0.25) is 0 Å². The van der Waals surface area contributed by atoms with Crippen molar-refractivity contribution in [1.82, 2.24) is 14.9 Å². The molecule has 0 aliphatic carbocycles. The van der Waals surface area contributed by atoms with Gasteiger partial charge in [-0.2, -0.15) is 18.3 Å². The van der Waals surface area contributed by atoms with Gasteiger partial charge in [0.15, 0.2) is 11.5 Å². The summed E-state index contributed by atoms with van der Waals surface area (Å²) in [7, 11) is 0. The summed E-state index contributed by atoms with van der Waals surface area (Å²) in [6.07, 6.45) is -3.64. The molecule has 0 aliphatic rings. The van der Waals surface area contributed by atoms with Crippen LogP contribution in [0.15, 0.2) is 59.3 Å². The zero-order valence-corrected chi connectivity index (χ0v) is 16.5. The van der Waals surface area contributed by atoms with Crippen molar-refractivity contribution in [2.75, 3.05) is 0 Å². The molecule has 0 saturated carbocycles. The summed E-state index contributed by atoms with van der Waals surface area (Å²) in [6, 6.07) is 12.0. The molecule has 29 heavy (non-hydrogen) atoms. The van der Waals surface area contributed by atoms with Crippen molar-refractivity contribution in [1.29, 1.82) is 0 Å². The quantitative estimate of drug-likeness (QED) is 0.327. The monoisotopic (exact) mass is 457 g/mol. The molecule has 0 atom stereocenters. The molecule has 0 saturated heterocycles. The van der Waals surface area contributed by atoms with Crippen LogP contribution in [0.3, 0.4) is 0 Å². The lowest BCUT2D eigenvalue weighted by Gasteiger charge is -2.12. The second kappa shape index (κ2) is 7.40. The Morgan fingerprint density at radius 2 is 1.66 bits per heavy atom. The van der Waals surface area contributed by atoms with E-state index in [9.17, 15) is 13.2 Å². The minimum absolute atomic E-state index is 0.105. The van der Waals surface area contributed by atoms with E-state index in [4.69, 9.17) is 39.3 Å². The molecule has 0 fully saturated rings. The minimum atomic E-state index is -4.71. The van der Waals surface area contributed by atoms with E-state index in [2.05, 4.69) is 10.3 Å². The molecule has 4 rings (SSSR count). The Balaban J connectivity index is 1.83. The Morgan fingerprint density at radius 1 is 0.897 bits per heavy atom. The molecular formula is C19H9Cl3F3N3O. The van der Waals surface area contributed by atoms with E-state index >= 15 is 0 Å². The van der Waals surface area contributed by atoms with Gasteiger partial charge in [-0.1, -0.05) is 46.0 Å². The van der Waals surface area contributed by atoms with Crippen LogP contribution in [0.25, 0.3) is 28.3 Å². The van der Waals surface area contributed by atoms with Crippen LogP contribution < -0.4 is 0 Å². The topological polar surface area (TPSA) is 43.9 Å². The van der Waals surface area contributed by atoms with Crippen molar-refractivity contribution < 1.29 is 17.7 Å². The Bertz CT molecular complexity index is 1200. The molecule has 148 valence electrons. The normalized spacial score (nSPS) is 11.8. The number of benzene rings is 2. The van der Waals surface area contributed by atoms with Gasteiger partial charge in [-0.25, -0.2) is 4.68 Å². The smallest absolute Gasteiger partial charge is 0.356 e. The van der Waals surface area contributed by atoms with E-state index in [0.29, 0.717) is 15.6 Å². The summed E-state index contributed by atoms with van der Waals surface area (Å²) in [5.74, 6) is -0.105. The summed E-state index contributed by atoms with van der Waals surface area (Å²) in [6.45, 7) is 0. The first-order chi connectivity index (χ1) is 13.7. The number of hydrogen-bond donors (Lipinski definition) is 0. The summed E-state index contributed by atoms with van der Waals surface area (Å²) in [4.78, 5) is 0. The maximum Gasteiger partial charge on any atom is 0.434 e. The first kappa shape index (κ1) is 19.8. The Kier molecular flexibility index (Phi) is 5.06. The number of hydrogen-bond acceptors (Lipinski definition) is 3. The molecule has 2 aromatic heterocycles. The van der Waals surface area contributed by atoms with Crippen LogP contribution in [0, 0.1) is 0 Å². The first-order valence-corrected chi connectivity index (χ1v) is 9.21. The molecule has 0 bridgehead atoms. The van der Waals surface area contributed by atoms with Gasteiger partial charge in [0.2, 0.25) is 0 Å². The zero-order valence-electron chi connectivity index (χ0n) is 14.2. The van der Waals surface area contributed by atoms with Crippen molar-refractivity contribution >= 4 is 34.8 Å². The Labute approximate surface area is 177 Å². The van der Waals surface area contributed by atoms with Crippen molar-refractivity contribution in [3.63, 3.8) is 0 Å². The second-order valence-electron chi connectivity index (χ2n) is 6.00. The molecule has 4 aromatic rings. The molecular weight excluding hydrogens is 450 g/mol. The maximum absolute atomic E-state index is 13.9. The van der Waals surface area contributed by atoms with E-state index in [1.807, 2.05) is 0 Å². The fourth-order valence-electron chi connectivity index (χ4n) is 2.83. The van der Waals surface area contributed by atoms with E-state index in [-0.39, 0.29) is 27.7 Å². The highest BCUT2D eigenvalue weighted by Crippen LogP contribution is 2.40. The van der Waals surface area contributed by atoms with Crippen molar-refractivity contribution in [3.8, 4) is 28.3 Å². The number of halogens is 6. The van der Waals surface area contributed by atoms with Gasteiger partial charge in [0, 0.05) is 21.7 Å². The van der Waals surface area contributed by atoms with Gasteiger partial charge in [0.25, 0.3) is 0 Å². The van der Waals surface area contributed by atoms with Crippen LogP contribution in [-0.4, -0.2) is 14.9 Å².